The Bertz CT molecular complexity index is 867. The molecule has 3 aromatic rings. The first-order valence-electron chi connectivity index (χ1n) is 8.80. The van der Waals surface area contributed by atoms with Crippen molar-refractivity contribution in [3.63, 3.8) is 0 Å². The van der Waals surface area contributed by atoms with Crippen molar-refractivity contribution in [2.24, 2.45) is 0 Å². The third-order valence-electron chi connectivity index (χ3n) is 4.52. The highest BCUT2D eigenvalue weighted by Gasteiger charge is 2.20. The van der Waals surface area contributed by atoms with Gasteiger partial charge in [-0.25, -0.2) is 18.4 Å². The number of benzene rings is 1. The van der Waals surface area contributed by atoms with Gasteiger partial charge in [-0.1, -0.05) is 44.5 Å². The van der Waals surface area contributed by atoms with E-state index in [1.807, 2.05) is 24.3 Å². The second-order valence-corrected chi connectivity index (χ2v) is 6.31. The van der Waals surface area contributed by atoms with Crippen molar-refractivity contribution in [2.45, 2.75) is 53.0 Å². The highest BCUT2D eigenvalue weighted by atomic mass is 19.3. The van der Waals surface area contributed by atoms with Gasteiger partial charge in [0.05, 0.1) is 16.8 Å². The number of pyridine rings is 1. The molecule has 0 spiro atoms. The lowest BCUT2D eigenvalue weighted by Gasteiger charge is -2.09. The Morgan fingerprint density at radius 3 is 2.44 bits per heavy atom. The maximum Gasteiger partial charge on any atom is 0.264 e. The van der Waals surface area contributed by atoms with E-state index in [0.29, 0.717) is 29.0 Å². The lowest BCUT2D eigenvalue weighted by atomic mass is 10.0. The summed E-state index contributed by atoms with van der Waals surface area (Å²) >= 11 is 0. The zero-order valence-corrected chi connectivity index (χ0v) is 14.9. The highest BCUT2D eigenvalue weighted by Crippen LogP contribution is 2.33. The predicted octanol–water partition coefficient (Wildman–Crippen LogP) is 5.71. The molecule has 0 aliphatic rings. The van der Waals surface area contributed by atoms with Crippen LogP contribution in [0.1, 0.15) is 49.9 Å². The van der Waals surface area contributed by atoms with Crippen molar-refractivity contribution >= 4 is 11.0 Å². The molecule has 3 rings (SSSR count). The maximum atomic E-state index is 13.7. The Kier molecular flexibility index (Phi) is 5.11. The number of aromatic nitrogens is 3. The number of nitrogens with zero attached hydrogens (tertiary/aromatic N) is 3. The molecule has 0 saturated heterocycles. The third-order valence-corrected chi connectivity index (χ3v) is 4.52. The molecule has 0 unspecified atom stereocenters. The Balaban J connectivity index is 2.18. The Morgan fingerprint density at radius 1 is 1.12 bits per heavy atom. The van der Waals surface area contributed by atoms with Crippen LogP contribution in [-0.4, -0.2) is 14.8 Å². The van der Waals surface area contributed by atoms with E-state index in [-0.39, 0.29) is 5.56 Å². The summed E-state index contributed by atoms with van der Waals surface area (Å²) in [5.41, 5.74) is 3.81. The first-order valence-corrected chi connectivity index (χ1v) is 8.80. The molecular weight excluding hydrogens is 320 g/mol. The van der Waals surface area contributed by atoms with Gasteiger partial charge < -0.3 is 0 Å². The van der Waals surface area contributed by atoms with Crippen LogP contribution >= 0.6 is 0 Å². The molecule has 0 N–H and O–H groups in total. The van der Waals surface area contributed by atoms with Crippen molar-refractivity contribution in [3.05, 3.63) is 47.2 Å². The summed E-state index contributed by atoms with van der Waals surface area (Å²) in [5, 5.41) is 4.94. The smallest absolute Gasteiger partial charge is 0.247 e. The van der Waals surface area contributed by atoms with Gasteiger partial charge in [0.1, 0.15) is 0 Å². The van der Waals surface area contributed by atoms with Crippen LogP contribution in [0, 0.1) is 6.92 Å². The molecule has 5 heteroatoms. The fourth-order valence-electron chi connectivity index (χ4n) is 3.08. The molecule has 0 aliphatic heterocycles. The standard InChI is InChI=1S/C20H23F2N3/c1-4-6-11-25-20-18(13(3)24-25)16(19(21)22)12-17(23-20)15-9-7-14(5-2)8-10-15/h7-10,12,19H,4-6,11H2,1-3H3. The fraction of sp³-hybridized carbons (Fsp3) is 0.400. The molecule has 25 heavy (non-hydrogen) atoms. The molecule has 1 aromatic carbocycles. The van der Waals surface area contributed by atoms with Crippen LogP contribution in [0.3, 0.4) is 0 Å². The molecule has 2 aromatic heterocycles. The van der Waals surface area contributed by atoms with Crippen LogP contribution in [0.5, 0.6) is 0 Å². The van der Waals surface area contributed by atoms with Gasteiger partial charge in [-0.05, 0) is 31.4 Å². The van der Waals surface area contributed by atoms with E-state index >= 15 is 0 Å². The summed E-state index contributed by atoms with van der Waals surface area (Å²) in [6.07, 6.45) is 0.344. The predicted molar refractivity (Wildman–Crippen MR) is 96.9 cm³/mol. The van der Waals surface area contributed by atoms with Crippen LogP contribution in [0.4, 0.5) is 8.78 Å². The Morgan fingerprint density at radius 2 is 1.84 bits per heavy atom. The van der Waals surface area contributed by atoms with Gasteiger partial charge in [0, 0.05) is 17.7 Å². The van der Waals surface area contributed by atoms with E-state index in [2.05, 4.69) is 23.9 Å². The lowest BCUT2D eigenvalue weighted by Crippen LogP contribution is -2.02. The average molecular weight is 343 g/mol. The summed E-state index contributed by atoms with van der Waals surface area (Å²) in [6.45, 7) is 6.64. The Labute approximate surface area is 146 Å². The van der Waals surface area contributed by atoms with E-state index in [0.717, 1.165) is 24.8 Å². The van der Waals surface area contributed by atoms with Gasteiger partial charge in [0.25, 0.3) is 6.43 Å². The highest BCUT2D eigenvalue weighted by molar-refractivity contribution is 5.85. The van der Waals surface area contributed by atoms with E-state index in [1.54, 1.807) is 11.6 Å². The van der Waals surface area contributed by atoms with Crippen molar-refractivity contribution in [3.8, 4) is 11.3 Å². The molecule has 0 aliphatic carbocycles. The number of alkyl halides is 2. The number of hydrogen-bond acceptors (Lipinski definition) is 2. The van der Waals surface area contributed by atoms with Crippen LogP contribution in [-0.2, 0) is 13.0 Å². The van der Waals surface area contributed by atoms with Gasteiger partial charge in [-0.15, -0.1) is 0 Å². The number of halogens is 2. The van der Waals surface area contributed by atoms with Crippen molar-refractivity contribution in [1.82, 2.24) is 14.8 Å². The molecule has 0 atom stereocenters. The topological polar surface area (TPSA) is 30.7 Å². The zero-order chi connectivity index (χ0) is 18.0. The van der Waals surface area contributed by atoms with Crippen LogP contribution in [0.25, 0.3) is 22.3 Å². The second-order valence-electron chi connectivity index (χ2n) is 6.31. The monoisotopic (exact) mass is 343 g/mol. The van der Waals surface area contributed by atoms with Gasteiger partial charge in [-0.3, -0.25) is 0 Å². The van der Waals surface area contributed by atoms with Gasteiger partial charge in [0.2, 0.25) is 0 Å². The van der Waals surface area contributed by atoms with Crippen LogP contribution < -0.4 is 0 Å². The lowest BCUT2D eigenvalue weighted by molar-refractivity contribution is 0.153. The third kappa shape index (κ3) is 3.41. The minimum atomic E-state index is -2.55. The second kappa shape index (κ2) is 7.30. The van der Waals surface area contributed by atoms with E-state index < -0.39 is 6.43 Å². The van der Waals surface area contributed by atoms with Crippen LogP contribution in [0.15, 0.2) is 30.3 Å². The van der Waals surface area contributed by atoms with Crippen molar-refractivity contribution < 1.29 is 8.78 Å². The van der Waals surface area contributed by atoms with E-state index in [4.69, 9.17) is 0 Å². The molecule has 132 valence electrons. The normalized spacial score (nSPS) is 11.6. The first kappa shape index (κ1) is 17.5. The maximum absolute atomic E-state index is 13.7. The van der Waals surface area contributed by atoms with Crippen molar-refractivity contribution in [2.75, 3.05) is 0 Å². The molecule has 2 heterocycles. The fourth-order valence-corrected chi connectivity index (χ4v) is 3.08. The summed E-state index contributed by atoms with van der Waals surface area (Å²) in [7, 11) is 0. The van der Waals surface area contributed by atoms with Gasteiger partial charge >= 0.3 is 0 Å². The zero-order valence-electron chi connectivity index (χ0n) is 14.9. The van der Waals surface area contributed by atoms with E-state index in [1.165, 1.54) is 11.6 Å². The SMILES string of the molecule is CCCCn1nc(C)c2c(C(F)F)cc(-c3ccc(CC)cc3)nc21. The number of rotatable bonds is 6. The average Bonchev–Trinajstić information content (AvgIpc) is 2.95. The number of unbranched alkanes of at least 4 members (excludes halogenated alkanes) is 1. The largest absolute Gasteiger partial charge is 0.264 e. The van der Waals surface area contributed by atoms with Crippen LogP contribution in [0.2, 0.25) is 0 Å². The summed E-state index contributed by atoms with van der Waals surface area (Å²) < 4.78 is 29.1. The van der Waals surface area contributed by atoms with Crippen molar-refractivity contribution in [1.29, 1.82) is 0 Å². The Hall–Kier alpha value is -2.30. The molecule has 3 nitrogen and oxygen atoms in total. The minimum Gasteiger partial charge on any atom is -0.247 e. The summed E-state index contributed by atoms with van der Waals surface area (Å²) in [5.74, 6) is 0. The van der Waals surface area contributed by atoms with Gasteiger partial charge in [-0.2, -0.15) is 5.10 Å². The molecule has 0 fully saturated rings. The number of aryl methyl sites for hydroxylation is 3. The summed E-state index contributed by atoms with van der Waals surface area (Å²) in [6, 6.07) is 9.43. The van der Waals surface area contributed by atoms with Gasteiger partial charge in [0.15, 0.2) is 5.65 Å². The molecular formula is C20H23F2N3. The molecule has 0 bridgehead atoms. The van der Waals surface area contributed by atoms with E-state index in [9.17, 15) is 8.78 Å². The summed E-state index contributed by atoms with van der Waals surface area (Å²) in [4.78, 5) is 4.68. The molecule has 0 radical (unpaired) electrons. The molecule has 0 saturated carbocycles. The first-order chi connectivity index (χ1) is 12.0. The number of hydrogen-bond donors (Lipinski definition) is 0. The quantitative estimate of drug-likeness (QED) is 0.574. The molecule has 0 amide bonds. The minimum absolute atomic E-state index is 0.0137. The number of fused-ring (bicyclic) bond motifs is 1.